The fraction of sp³-hybridized carbons (Fsp3) is 0.444. The first-order chi connectivity index (χ1) is 11.3. The highest BCUT2D eigenvalue weighted by molar-refractivity contribution is 5.25. The van der Waals surface area contributed by atoms with E-state index in [1.54, 1.807) is 13.2 Å². The van der Waals surface area contributed by atoms with Crippen LogP contribution in [-0.4, -0.2) is 29.3 Å². The number of pyridine rings is 2. The summed E-state index contributed by atoms with van der Waals surface area (Å²) in [5.41, 5.74) is 3.57. The fourth-order valence-corrected chi connectivity index (χ4v) is 3.18. The predicted octanol–water partition coefficient (Wildman–Crippen LogP) is 1.54. The third-order valence-corrected chi connectivity index (χ3v) is 4.40. The van der Waals surface area contributed by atoms with Crippen molar-refractivity contribution in [2.24, 2.45) is 0 Å². The number of rotatable bonds is 6. The first kappa shape index (κ1) is 15.9. The molecule has 0 radical (unpaired) electrons. The Morgan fingerprint density at radius 2 is 2.26 bits per heavy atom. The molecule has 0 spiro atoms. The summed E-state index contributed by atoms with van der Waals surface area (Å²) in [7, 11) is 1.66. The number of methoxy groups -OCH3 is 1. The normalized spacial score (nSPS) is 17.0. The Labute approximate surface area is 136 Å². The van der Waals surface area contributed by atoms with Crippen LogP contribution in [0.2, 0.25) is 0 Å². The Kier molecular flexibility index (Phi) is 5.20. The van der Waals surface area contributed by atoms with Crippen molar-refractivity contribution in [2.45, 2.75) is 38.4 Å². The van der Waals surface area contributed by atoms with Crippen LogP contribution in [0.3, 0.4) is 0 Å². The molecule has 2 heterocycles. The van der Waals surface area contributed by atoms with Gasteiger partial charge in [0.1, 0.15) is 0 Å². The van der Waals surface area contributed by atoms with E-state index >= 15 is 0 Å². The number of nitrogens with zero attached hydrogens (tertiary/aromatic N) is 2. The van der Waals surface area contributed by atoms with E-state index in [9.17, 15) is 4.79 Å². The van der Waals surface area contributed by atoms with E-state index in [1.807, 2.05) is 35.0 Å². The molecule has 5 heteroatoms. The molecule has 0 amide bonds. The first-order valence-electron chi connectivity index (χ1n) is 8.12. The quantitative estimate of drug-likeness (QED) is 0.879. The van der Waals surface area contributed by atoms with Crippen molar-refractivity contribution in [1.82, 2.24) is 14.9 Å². The maximum atomic E-state index is 12.1. The highest BCUT2D eigenvalue weighted by Gasteiger charge is 2.21. The van der Waals surface area contributed by atoms with Gasteiger partial charge in [0.05, 0.1) is 12.3 Å². The molecule has 1 atom stereocenters. The zero-order valence-corrected chi connectivity index (χ0v) is 13.5. The van der Waals surface area contributed by atoms with Crippen LogP contribution < -0.4 is 10.9 Å². The summed E-state index contributed by atoms with van der Waals surface area (Å²) in [6.07, 6.45) is 4.74. The highest BCUT2D eigenvalue weighted by Crippen LogP contribution is 2.20. The van der Waals surface area contributed by atoms with Crippen LogP contribution in [0, 0.1) is 0 Å². The van der Waals surface area contributed by atoms with Gasteiger partial charge in [-0.05, 0) is 37.0 Å². The third kappa shape index (κ3) is 3.86. The van der Waals surface area contributed by atoms with E-state index in [-0.39, 0.29) is 5.56 Å². The Morgan fingerprint density at radius 3 is 3.04 bits per heavy atom. The molecule has 0 saturated carbocycles. The smallest absolute Gasteiger partial charge is 0.250 e. The van der Waals surface area contributed by atoms with E-state index < -0.39 is 0 Å². The average molecular weight is 313 g/mol. The number of ether oxygens (including phenoxy) is 1. The van der Waals surface area contributed by atoms with E-state index in [0.717, 1.165) is 31.5 Å². The minimum atomic E-state index is 0.0701. The lowest BCUT2D eigenvalue weighted by molar-refractivity contribution is 0.184. The Balaban J connectivity index is 1.68. The van der Waals surface area contributed by atoms with Crippen molar-refractivity contribution in [3.63, 3.8) is 0 Å². The number of fused-ring (bicyclic) bond motifs is 1. The molecule has 0 unspecified atom stereocenters. The summed E-state index contributed by atoms with van der Waals surface area (Å²) in [5, 5.41) is 3.58. The van der Waals surface area contributed by atoms with Crippen LogP contribution in [0.4, 0.5) is 0 Å². The monoisotopic (exact) mass is 313 g/mol. The molecule has 1 N–H and O–H groups in total. The molecule has 2 aromatic rings. The molecule has 3 rings (SSSR count). The van der Waals surface area contributed by atoms with Gasteiger partial charge in [0, 0.05) is 44.2 Å². The predicted molar refractivity (Wildman–Crippen MR) is 89.5 cm³/mol. The molecule has 122 valence electrons. The summed E-state index contributed by atoms with van der Waals surface area (Å²) < 4.78 is 6.99. The van der Waals surface area contributed by atoms with Crippen molar-refractivity contribution >= 4 is 0 Å². The van der Waals surface area contributed by atoms with Crippen LogP contribution in [0.15, 0.2) is 41.3 Å². The lowest BCUT2D eigenvalue weighted by atomic mass is 9.91. The second-order valence-electron chi connectivity index (χ2n) is 5.93. The molecule has 1 aliphatic rings. The van der Waals surface area contributed by atoms with Gasteiger partial charge in [-0.3, -0.25) is 9.78 Å². The van der Waals surface area contributed by atoms with E-state index in [4.69, 9.17) is 4.74 Å². The first-order valence-corrected chi connectivity index (χ1v) is 8.12. The lowest BCUT2D eigenvalue weighted by Gasteiger charge is -2.27. The largest absolute Gasteiger partial charge is 0.383 e. The Bertz CT molecular complexity index is 697. The Morgan fingerprint density at radius 1 is 1.35 bits per heavy atom. The van der Waals surface area contributed by atoms with Crippen LogP contribution in [0.5, 0.6) is 0 Å². The average Bonchev–Trinajstić information content (AvgIpc) is 2.60. The fourth-order valence-electron chi connectivity index (χ4n) is 3.18. The van der Waals surface area contributed by atoms with Crippen molar-refractivity contribution < 1.29 is 4.74 Å². The van der Waals surface area contributed by atoms with Crippen LogP contribution >= 0.6 is 0 Å². The van der Waals surface area contributed by atoms with Crippen LogP contribution in [0.25, 0.3) is 0 Å². The van der Waals surface area contributed by atoms with E-state index in [0.29, 0.717) is 19.2 Å². The van der Waals surface area contributed by atoms with Crippen molar-refractivity contribution in [2.75, 3.05) is 13.7 Å². The molecule has 0 bridgehead atoms. The maximum Gasteiger partial charge on any atom is 0.250 e. The zero-order valence-electron chi connectivity index (χ0n) is 13.5. The van der Waals surface area contributed by atoms with Gasteiger partial charge in [-0.25, -0.2) is 0 Å². The lowest BCUT2D eigenvalue weighted by Crippen LogP contribution is -2.37. The van der Waals surface area contributed by atoms with Crippen molar-refractivity contribution in [3.05, 3.63) is 63.8 Å². The second kappa shape index (κ2) is 7.53. The molecule has 0 saturated heterocycles. The Hall–Kier alpha value is -1.98. The molecule has 0 aromatic carbocycles. The van der Waals surface area contributed by atoms with Gasteiger partial charge in [-0.2, -0.15) is 0 Å². The zero-order chi connectivity index (χ0) is 16.1. The molecular weight excluding hydrogens is 290 g/mol. The summed E-state index contributed by atoms with van der Waals surface area (Å²) in [6, 6.07) is 10.1. The molecular formula is C18H23N3O2. The van der Waals surface area contributed by atoms with Gasteiger partial charge >= 0.3 is 0 Å². The summed E-state index contributed by atoms with van der Waals surface area (Å²) in [6.45, 7) is 1.98. The number of nitrogens with one attached hydrogen (secondary N) is 1. The minimum Gasteiger partial charge on any atom is -0.383 e. The summed E-state index contributed by atoms with van der Waals surface area (Å²) in [4.78, 5) is 16.4. The minimum absolute atomic E-state index is 0.0701. The third-order valence-electron chi connectivity index (χ3n) is 4.40. The molecule has 1 aliphatic carbocycles. The van der Waals surface area contributed by atoms with Gasteiger partial charge in [-0.15, -0.1) is 0 Å². The second-order valence-corrected chi connectivity index (χ2v) is 5.93. The number of hydrogen-bond donors (Lipinski definition) is 1. The number of aromatic nitrogens is 2. The topological polar surface area (TPSA) is 56.1 Å². The summed E-state index contributed by atoms with van der Waals surface area (Å²) in [5.74, 6) is 0. The van der Waals surface area contributed by atoms with Gasteiger partial charge < -0.3 is 14.6 Å². The molecule has 5 nitrogen and oxygen atoms in total. The van der Waals surface area contributed by atoms with E-state index in [2.05, 4.69) is 10.3 Å². The summed E-state index contributed by atoms with van der Waals surface area (Å²) >= 11 is 0. The van der Waals surface area contributed by atoms with Gasteiger partial charge in [-0.1, -0.05) is 12.1 Å². The van der Waals surface area contributed by atoms with Crippen LogP contribution in [-0.2, 0) is 30.7 Å². The molecule has 2 aromatic heterocycles. The van der Waals surface area contributed by atoms with Crippen LogP contribution in [0.1, 0.15) is 23.4 Å². The molecule has 23 heavy (non-hydrogen) atoms. The van der Waals surface area contributed by atoms with Gasteiger partial charge in [0.2, 0.25) is 0 Å². The van der Waals surface area contributed by atoms with E-state index in [1.165, 1.54) is 11.3 Å². The maximum absolute atomic E-state index is 12.1. The SMILES string of the molecule is COCCn1c2c(ccc1=O)C[C@@H](NCc1ccccn1)CC2. The van der Waals surface area contributed by atoms with Gasteiger partial charge in [0.15, 0.2) is 0 Å². The molecule has 0 fully saturated rings. The highest BCUT2D eigenvalue weighted by atomic mass is 16.5. The van der Waals surface area contributed by atoms with Gasteiger partial charge in [0.25, 0.3) is 5.56 Å². The van der Waals surface area contributed by atoms with Crippen molar-refractivity contribution in [3.8, 4) is 0 Å². The standard InChI is InChI=1S/C18H23N3O2/c1-23-11-10-21-17-7-6-15(12-14(17)5-8-18(21)22)20-13-16-4-2-3-9-19-16/h2-5,8-9,15,20H,6-7,10-13H2,1H3/t15-/m0/s1. The van der Waals surface area contributed by atoms with Crippen molar-refractivity contribution in [1.29, 1.82) is 0 Å². The number of hydrogen-bond acceptors (Lipinski definition) is 4. The molecule has 0 aliphatic heterocycles.